The average molecular weight is 420 g/mol. The Morgan fingerprint density at radius 3 is 2.23 bits per heavy atom. The summed E-state index contributed by atoms with van der Waals surface area (Å²) in [7, 11) is -3.74. The second-order valence-corrected chi connectivity index (χ2v) is 8.71. The van der Waals surface area contributed by atoms with Gasteiger partial charge in [-0.15, -0.1) is 0 Å². The van der Waals surface area contributed by atoms with Crippen LogP contribution in [0.4, 0.5) is 11.4 Å². The molecule has 0 aliphatic rings. The molecule has 0 aliphatic carbocycles. The largest absolute Gasteiger partial charge is 0.451 e. The van der Waals surface area contributed by atoms with Crippen LogP contribution in [-0.2, 0) is 10.0 Å². The van der Waals surface area contributed by atoms with Gasteiger partial charge in [-0.05, 0) is 73.5 Å². The van der Waals surface area contributed by atoms with Gasteiger partial charge in [-0.1, -0.05) is 24.3 Å². The van der Waals surface area contributed by atoms with Crippen LogP contribution in [0.5, 0.6) is 0 Å². The van der Waals surface area contributed by atoms with Crippen LogP contribution < -0.4 is 10.0 Å². The molecule has 1 heterocycles. The van der Waals surface area contributed by atoms with Gasteiger partial charge in [-0.3, -0.25) is 9.52 Å². The van der Waals surface area contributed by atoms with E-state index in [-0.39, 0.29) is 10.7 Å². The number of benzene rings is 3. The molecule has 30 heavy (non-hydrogen) atoms. The van der Waals surface area contributed by atoms with Crippen molar-refractivity contribution in [3.63, 3.8) is 0 Å². The van der Waals surface area contributed by atoms with Gasteiger partial charge in [0.25, 0.3) is 15.9 Å². The number of amides is 1. The molecule has 0 spiro atoms. The van der Waals surface area contributed by atoms with Crippen molar-refractivity contribution in [3.05, 3.63) is 89.7 Å². The van der Waals surface area contributed by atoms with Gasteiger partial charge in [-0.2, -0.15) is 0 Å². The van der Waals surface area contributed by atoms with Crippen LogP contribution in [-0.4, -0.2) is 14.3 Å². The predicted molar refractivity (Wildman–Crippen MR) is 117 cm³/mol. The maximum absolute atomic E-state index is 12.6. The highest BCUT2D eigenvalue weighted by atomic mass is 32.2. The number of carbonyl (C=O) groups excluding carboxylic acids is 1. The van der Waals surface area contributed by atoms with E-state index in [1.165, 1.54) is 24.3 Å². The van der Waals surface area contributed by atoms with Crippen LogP contribution in [0.2, 0.25) is 0 Å². The third-order valence-corrected chi connectivity index (χ3v) is 6.23. The van der Waals surface area contributed by atoms with Crippen LogP contribution in [0.3, 0.4) is 0 Å². The summed E-state index contributed by atoms with van der Waals surface area (Å²) in [6, 6.07) is 20.3. The van der Waals surface area contributed by atoms with Crippen molar-refractivity contribution < 1.29 is 17.6 Å². The Morgan fingerprint density at radius 2 is 1.53 bits per heavy atom. The number of hydrogen-bond donors (Lipinski definition) is 2. The molecule has 0 atom stereocenters. The lowest BCUT2D eigenvalue weighted by Gasteiger charge is -2.10. The molecule has 0 unspecified atom stereocenters. The monoisotopic (exact) mass is 420 g/mol. The van der Waals surface area contributed by atoms with Gasteiger partial charge in [-0.25, -0.2) is 8.42 Å². The Labute approximate surface area is 174 Å². The van der Waals surface area contributed by atoms with Gasteiger partial charge in [0.05, 0.1) is 4.90 Å². The number of aryl methyl sites for hydroxylation is 2. The predicted octanol–water partition coefficient (Wildman–Crippen LogP) is 5.10. The highest BCUT2D eigenvalue weighted by Crippen LogP contribution is 2.22. The molecule has 152 valence electrons. The summed E-state index contributed by atoms with van der Waals surface area (Å²) < 4.78 is 33.4. The second-order valence-electron chi connectivity index (χ2n) is 7.03. The summed E-state index contributed by atoms with van der Waals surface area (Å²) in [5.74, 6) is -0.223. The molecule has 1 aromatic heterocycles. The van der Waals surface area contributed by atoms with E-state index < -0.39 is 15.9 Å². The molecular weight excluding hydrogens is 400 g/mol. The molecule has 0 saturated heterocycles. The highest BCUT2D eigenvalue weighted by molar-refractivity contribution is 7.92. The third kappa shape index (κ3) is 4.06. The summed E-state index contributed by atoms with van der Waals surface area (Å²) in [6.45, 7) is 3.89. The lowest BCUT2D eigenvalue weighted by molar-refractivity contribution is 0.0998. The quantitative estimate of drug-likeness (QED) is 0.470. The van der Waals surface area contributed by atoms with Crippen molar-refractivity contribution in [2.24, 2.45) is 0 Å². The molecule has 7 heteroatoms. The van der Waals surface area contributed by atoms with Crippen LogP contribution in [0.15, 0.2) is 82.1 Å². The van der Waals surface area contributed by atoms with Gasteiger partial charge in [0.15, 0.2) is 5.76 Å². The van der Waals surface area contributed by atoms with Crippen molar-refractivity contribution in [1.82, 2.24) is 0 Å². The van der Waals surface area contributed by atoms with Gasteiger partial charge in [0.1, 0.15) is 5.58 Å². The maximum Gasteiger partial charge on any atom is 0.291 e. The van der Waals surface area contributed by atoms with Crippen LogP contribution in [0.1, 0.15) is 21.7 Å². The van der Waals surface area contributed by atoms with E-state index in [1.807, 2.05) is 38.1 Å². The number of anilines is 2. The van der Waals surface area contributed by atoms with E-state index in [0.29, 0.717) is 17.0 Å². The van der Waals surface area contributed by atoms with E-state index in [0.717, 1.165) is 16.5 Å². The van der Waals surface area contributed by atoms with E-state index in [9.17, 15) is 13.2 Å². The first-order chi connectivity index (χ1) is 14.3. The van der Waals surface area contributed by atoms with Gasteiger partial charge >= 0.3 is 0 Å². The summed E-state index contributed by atoms with van der Waals surface area (Å²) in [6.07, 6.45) is 0. The average Bonchev–Trinajstić information content (AvgIpc) is 3.15. The standard InChI is InChI=1S/C23H20N2O4S/c1-15-7-8-19(13-16(15)2)25-30(27,28)20-11-9-18(10-12-20)24-23(26)22-14-17-5-3-4-6-21(17)29-22/h3-14,25H,1-2H3,(H,24,26). The zero-order valence-electron chi connectivity index (χ0n) is 16.5. The number of nitrogens with one attached hydrogen (secondary N) is 2. The topological polar surface area (TPSA) is 88.4 Å². The van der Waals surface area contributed by atoms with Crippen molar-refractivity contribution in [2.45, 2.75) is 18.7 Å². The number of rotatable bonds is 5. The Kier molecular flexibility index (Phi) is 5.05. The van der Waals surface area contributed by atoms with Crippen molar-refractivity contribution in [3.8, 4) is 0 Å². The van der Waals surface area contributed by atoms with Gasteiger partial charge in [0.2, 0.25) is 0 Å². The first kappa shape index (κ1) is 19.7. The zero-order valence-corrected chi connectivity index (χ0v) is 17.3. The molecule has 2 N–H and O–H groups in total. The van der Waals surface area contributed by atoms with E-state index in [2.05, 4.69) is 10.0 Å². The van der Waals surface area contributed by atoms with E-state index in [4.69, 9.17) is 4.42 Å². The summed E-state index contributed by atoms with van der Waals surface area (Å²) in [4.78, 5) is 12.5. The fourth-order valence-electron chi connectivity index (χ4n) is 3.02. The fraction of sp³-hybridized carbons (Fsp3) is 0.0870. The fourth-order valence-corrected chi connectivity index (χ4v) is 4.07. The van der Waals surface area contributed by atoms with Gasteiger partial charge < -0.3 is 9.73 Å². The normalized spacial score (nSPS) is 11.4. The smallest absolute Gasteiger partial charge is 0.291 e. The lowest BCUT2D eigenvalue weighted by atomic mass is 10.1. The minimum Gasteiger partial charge on any atom is -0.451 e. The van der Waals surface area contributed by atoms with Gasteiger partial charge in [0, 0.05) is 16.8 Å². The molecule has 0 fully saturated rings. The number of para-hydroxylation sites is 1. The van der Waals surface area contributed by atoms with Crippen LogP contribution >= 0.6 is 0 Å². The maximum atomic E-state index is 12.6. The van der Waals surface area contributed by atoms with Crippen molar-refractivity contribution >= 4 is 38.3 Å². The molecule has 0 bridgehead atoms. The molecule has 0 saturated carbocycles. The summed E-state index contributed by atoms with van der Waals surface area (Å²) >= 11 is 0. The summed E-state index contributed by atoms with van der Waals surface area (Å²) in [5.41, 5.74) is 3.67. The molecule has 6 nitrogen and oxygen atoms in total. The SMILES string of the molecule is Cc1ccc(NS(=O)(=O)c2ccc(NC(=O)c3cc4ccccc4o3)cc2)cc1C. The number of sulfonamides is 1. The minimum atomic E-state index is -3.74. The number of fused-ring (bicyclic) bond motifs is 1. The van der Waals surface area contributed by atoms with Crippen molar-refractivity contribution in [1.29, 1.82) is 0 Å². The first-order valence-electron chi connectivity index (χ1n) is 9.32. The summed E-state index contributed by atoms with van der Waals surface area (Å²) in [5, 5.41) is 3.55. The third-order valence-electron chi connectivity index (χ3n) is 4.83. The molecule has 0 radical (unpaired) electrons. The lowest BCUT2D eigenvalue weighted by Crippen LogP contribution is -2.14. The van der Waals surface area contributed by atoms with E-state index >= 15 is 0 Å². The molecular formula is C23H20N2O4S. The Morgan fingerprint density at radius 1 is 0.833 bits per heavy atom. The zero-order chi connectivity index (χ0) is 21.3. The second kappa shape index (κ2) is 7.68. The molecule has 0 aliphatic heterocycles. The minimum absolute atomic E-state index is 0.0995. The van der Waals surface area contributed by atoms with Crippen LogP contribution in [0, 0.1) is 13.8 Å². The van der Waals surface area contributed by atoms with Crippen molar-refractivity contribution in [2.75, 3.05) is 10.0 Å². The number of furan rings is 1. The molecule has 1 amide bonds. The molecule has 4 aromatic rings. The first-order valence-corrected chi connectivity index (χ1v) is 10.8. The van der Waals surface area contributed by atoms with Crippen LogP contribution in [0.25, 0.3) is 11.0 Å². The highest BCUT2D eigenvalue weighted by Gasteiger charge is 2.16. The Hall–Kier alpha value is -3.58. The van der Waals surface area contributed by atoms with E-state index in [1.54, 1.807) is 24.3 Å². The Bertz CT molecular complexity index is 1310. The number of hydrogen-bond acceptors (Lipinski definition) is 4. The number of carbonyl (C=O) groups is 1. The Balaban J connectivity index is 1.48. The molecule has 4 rings (SSSR count). The molecule has 3 aromatic carbocycles.